The number of hydrogen-bond acceptors (Lipinski definition) is 8. The number of fused-ring (bicyclic) bond motifs is 1. The zero-order chi connectivity index (χ0) is 34.0. The summed E-state index contributed by atoms with van der Waals surface area (Å²) in [6.45, 7) is 10.3. The lowest BCUT2D eigenvalue weighted by Gasteiger charge is -2.44. The van der Waals surface area contributed by atoms with Crippen molar-refractivity contribution in [1.82, 2.24) is 4.90 Å². The molecule has 4 heterocycles. The quantitative estimate of drug-likeness (QED) is 0.233. The normalized spacial score (nSPS) is 29.4. The fraction of sp³-hybridized carbons (Fsp3) is 0.550. The van der Waals surface area contributed by atoms with Gasteiger partial charge in [0.25, 0.3) is 0 Å². The molecule has 49 heavy (non-hydrogen) atoms. The van der Waals surface area contributed by atoms with Crippen molar-refractivity contribution in [2.24, 2.45) is 5.92 Å². The van der Waals surface area contributed by atoms with E-state index >= 15 is 4.39 Å². The molecule has 9 heteroatoms. The van der Waals surface area contributed by atoms with Crippen molar-refractivity contribution in [3.63, 3.8) is 0 Å². The summed E-state index contributed by atoms with van der Waals surface area (Å²) in [5, 5.41) is 12.4. The Morgan fingerprint density at radius 2 is 1.49 bits per heavy atom. The van der Waals surface area contributed by atoms with Gasteiger partial charge in [0.05, 0.1) is 24.7 Å². The number of rotatable bonds is 10. The van der Waals surface area contributed by atoms with Crippen LogP contribution in [0.25, 0.3) is 0 Å². The van der Waals surface area contributed by atoms with Crippen LogP contribution in [0.2, 0.25) is 0 Å². The molecule has 4 aliphatic heterocycles. The molecule has 0 aromatic heterocycles. The maximum Gasteiger partial charge on any atom is 0.199 e. The Hall–Kier alpha value is -3.37. The minimum Gasteiger partial charge on any atom is -0.492 e. The number of likely N-dealkylation sites (tertiary alicyclic amines) is 1. The van der Waals surface area contributed by atoms with E-state index in [9.17, 15) is 5.11 Å². The molecular formula is C40H50FNO7. The molecule has 0 aliphatic carbocycles. The highest BCUT2D eigenvalue weighted by Crippen LogP contribution is 2.55. The van der Waals surface area contributed by atoms with Gasteiger partial charge in [-0.15, -0.1) is 0 Å². The van der Waals surface area contributed by atoms with E-state index in [1.807, 2.05) is 48.5 Å². The van der Waals surface area contributed by atoms with Crippen molar-refractivity contribution in [3.8, 4) is 23.0 Å². The third-order valence-corrected chi connectivity index (χ3v) is 10.5. The second-order valence-corrected chi connectivity index (χ2v) is 14.5. The van der Waals surface area contributed by atoms with Crippen LogP contribution in [0.4, 0.5) is 4.39 Å². The number of benzene rings is 3. The number of ether oxygens (including phenoxy) is 6. The van der Waals surface area contributed by atoms with E-state index in [4.69, 9.17) is 28.4 Å². The number of nitrogens with zero attached hydrogens (tertiary/aromatic N) is 1. The van der Waals surface area contributed by atoms with Gasteiger partial charge < -0.3 is 33.5 Å². The van der Waals surface area contributed by atoms with Gasteiger partial charge >= 0.3 is 0 Å². The fourth-order valence-electron chi connectivity index (χ4n) is 7.74. The number of halogens is 1. The van der Waals surface area contributed by atoms with Crippen molar-refractivity contribution in [3.05, 3.63) is 83.2 Å². The highest BCUT2D eigenvalue weighted by molar-refractivity contribution is 5.51. The van der Waals surface area contributed by atoms with E-state index in [1.165, 1.54) is 12.5 Å². The lowest BCUT2D eigenvalue weighted by Crippen LogP contribution is -2.41. The molecule has 3 fully saturated rings. The topological polar surface area (TPSA) is 78.9 Å². The molecule has 7 rings (SSSR count). The Labute approximate surface area is 289 Å². The van der Waals surface area contributed by atoms with Gasteiger partial charge in [-0.05, 0) is 93.8 Å². The van der Waals surface area contributed by atoms with E-state index in [-0.39, 0.29) is 17.6 Å². The summed E-state index contributed by atoms with van der Waals surface area (Å²) >= 11 is 0. The van der Waals surface area contributed by atoms with Crippen LogP contribution in [0.3, 0.4) is 0 Å². The number of hydrogen-bond donors (Lipinski definition) is 1. The molecule has 0 radical (unpaired) electrons. The maximum absolute atomic E-state index is 16.0. The monoisotopic (exact) mass is 675 g/mol. The Balaban J connectivity index is 1.16. The molecule has 0 spiro atoms. The molecule has 5 unspecified atom stereocenters. The van der Waals surface area contributed by atoms with E-state index < -0.39 is 29.7 Å². The molecule has 3 saturated heterocycles. The highest BCUT2D eigenvalue weighted by atomic mass is 19.1. The van der Waals surface area contributed by atoms with Gasteiger partial charge in [0, 0.05) is 37.6 Å². The molecule has 3 aromatic rings. The van der Waals surface area contributed by atoms with Gasteiger partial charge in [0.2, 0.25) is 0 Å². The summed E-state index contributed by atoms with van der Waals surface area (Å²) in [7, 11) is 0. The molecule has 3 aromatic carbocycles. The van der Waals surface area contributed by atoms with Gasteiger partial charge in [-0.3, -0.25) is 4.90 Å². The summed E-state index contributed by atoms with van der Waals surface area (Å²) in [5.74, 6) is 1.50. The molecule has 4 aliphatic rings. The van der Waals surface area contributed by atoms with E-state index in [0.717, 1.165) is 74.4 Å². The molecule has 264 valence electrons. The lowest BCUT2D eigenvalue weighted by atomic mass is 9.71. The predicted octanol–water partition coefficient (Wildman–Crippen LogP) is 7.87. The van der Waals surface area contributed by atoms with Crippen molar-refractivity contribution in [2.75, 3.05) is 32.9 Å². The van der Waals surface area contributed by atoms with Gasteiger partial charge in [-0.25, -0.2) is 4.39 Å². The SMILES string of the molecule is C[C@@H]1CCN([C@@H](C)COc2ccc(C3Oc4cc(OC5CCCCO5)cc(F)c4C(C)(O)C3c3ccc(OC4CCCCO4)cc3)cc2)C1. The Morgan fingerprint density at radius 1 is 0.857 bits per heavy atom. The van der Waals surface area contributed by atoms with E-state index in [0.29, 0.717) is 37.4 Å². The molecular weight excluding hydrogens is 625 g/mol. The largest absolute Gasteiger partial charge is 0.492 e. The van der Waals surface area contributed by atoms with E-state index in [2.05, 4.69) is 18.7 Å². The van der Waals surface area contributed by atoms with Crippen LogP contribution in [0, 0.1) is 11.7 Å². The van der Waals surface area contributed by atoms with Gasteiger partial charge in [0.1, 0.15) is 47.1 Å². The molecule has 1 N–H and O–H groups in total. The van der Waals surface area contributed by atoms with Crippen LogP contribution in [-0.2, 0) is 15.1 Å². The van der Waals surface area contributed by atoms with Crippen LogP contribution in [0.5, 0.6) is 23.0 Å². The maximum atomic E-state index is 16.0. The standard InChI is InChI=1S/C40H50FNO7/c1-26-18-19-42(24-26)27(2)25-46-30-14-12-29(13-15-30)39-37(28-10-16-31(17-11-28)47-35-8-4-6-20-44-35)40(3,43)38-33(41)22-32(23-34(38)49-39)48-36-9-5-7-21-45-36/h10-17,22-23,26-27,35-37,39,43H,4-9,18-21,24-25H2,1-3H3/t26-,27+,35?,36?,37?,39?,40?/m1/s1. The van der Waals surface area contributed by atoms with Crippen molar-refractivity contribution < 1.29 is 37.9 Å². The van der Waals surface area contributed by atoms with Crippen LogP contribution in [-0.4, -0.2) is 61.5 Å². The molecule has 0 amide bonds. The first-order chi connectivity index (χ1) is 23.7. The highest BCUT2D eigenvalue weighted by Gasteiger charge is 2.49. The van der Waals surface area contributed by atoms with Crippen LogP contribution >= 0.6 is 0 Å². The van der Waals surface area contributed by atoms with Crippen molar-refractivity contribution >= 4 is 0 Å². The second kappa shape index (κ2) is 14.9. The van der Waals surface area contributed by atoms with Crippen molar-refractivity contribution in [1.29, 1.82) is 0 Å². The minimum absolute atomic E-state index is 0.103. The zero-order valence-corrected chi connectivity index (χ0v) is 28.9. The first-order valence-corrected chi connectivity index (χ1v) is 18.1. The minimum atomic E-state index is -1.63. The third kappa shape index (κ3) is 7.70. The smallest absolute Gasteiger partial charge is 0.199 e. The third-order valence-electron chi connectivity index (χ3n) is 10.5. The molecule has 8 nitrogen and oxygen atoms in total. The summed E-state index contributed by atoms with van der Waals surface area (Å²) in [5.41, 5.74) is 0.103. The summed E-state index contributed by atoms with van der Waals surface area (Å²) in [6.07, 6.45) is 5.53. The molecule has 0 saturated carbocycles. The lowest BCUT2D eigenvalue weighted by molar-refractivity contribution is -0.106. The summed E-state index contributed by atoms with van der Waals surface area (Å²) in [4.78, 5) is 2.48. The average Bonchev–Trinajstić information content (AvgIpc) is 3.54. The summed E-state index contributed by atoms with van der Waals surface area (Å²) in [6, 6.07) is 18.8. The van der Waals surface area contributed by atoms with E-state index in [1.54, 1.807) is 13.0 Å². The Bertz CT molecular complexity index is 1540. The fourth-order valence-corrected chi connectivity index (χ4v) is 7.74. The summed E-state index contributed by atoms with van der Waals surface area (Å²) < 4.78 is 52.6. The number of aliphatic hydroxyl groups is 1. The Morgan fingerprint density at radius 3 is 2.10 bits per heavy atom. The van der Waals surface area contributed by atoms with Gasteiger partial charge in [-0.2, -0.15) is 0 Å². The second-order valence-electron chi connectivity index (χ2n) is 14.5. The van der Waals surface area contributed by atoms with Crippen molar-refractivity contribution in [2.45, 2.75) is 102 Å². The molecule has 7 atom stereocenters. The first-order valence-electron chi connectivity index (χ1n) is 18.1. The predicted molar refractivity (Wildman–Crippen MR) is 184 cm³/mol. The van der Waals surface area contributed by atoms with Gasteiger partial charge in [-0.1, -0.05) is 31.2 Å². The average molecular weight is 676 g/mol. The van der Waals surface area contributed by atoms with Crippen LogP contribution in [0.1, 0.15) is 94.4 Å². The zero-order valence-electron chi connectivity index (χ0n) is 28.9. The van der Waals surface area contributed by atoms with Gasteiger partial charge in [0.15, 0.2) is 12.6 Å². The van der Waals surface area contributed by atoms with Crippen LogP contribution in [0.15, 0.2) is 60.7 Å². The molecule has 0 bridgehead atoms. The van der Waals surface area contributed by atoms with Crippen LogP contribution < -0.4 is 18.9 Å². The Kier molecular flexibility index (Phi) is 10.3. The first kappa shape index (κ1) is 34.1.